The lowest BCUT2D eigenvalue weighted by atomic mass is 10.1. The molecule has 0 fully saturated rings. The van der Waals surface area contributed by atoms with E-state index in [2.05, 4.69) is 14.9 Å². The number of aromatic nitrogens is 2. The van der Waals surface area contributed by atoms with Crippen LogP contribution in [0.15, 0.2) is 22.8 Å². The third-order valence-corrected chi connectivity index (χ3v) is 3.12. The highest BCUT2D eigenvalue weighted by atomic mass is 16.6. The van der Waals surface area contributed by atoms with Crippen molar-refractivity contribution in [1.29, 1.82) is 0 Å². The van der Waals surface area contributed by atoms with Crippen molar-refractivity contribution in [3.05, 3.63) is 40.7 Å². The molecule has 0 bridgehead atoms. The topological polar surface area (TPSA) is 65.2 Å². The van der Waals surface area contributed by atoms with E-state index < -0.39 is 0 Å². The van der Waals surface area contributed by atoms with Crippen LogP contribution in [0.25, 0.3) is 0 Å². The monoisotopic (exact) mass is 244 g/mol. The van der Waals surface area contributed by atoms with Crippen molar-refractivity contribution in [2.24, 2.45) is 0 Å². The summed E-state index contributed by atoms with van der Waals surface area (Å²) in [5.74, 6) is 0.957. The van der Waals surface area contributed by atoms with Crippen molar-refractivity contribution in [3.8, 4) is 5.75 Å². The van der Waals surface area contributed by atoms with Crippen LogP contribution in [-0.2, 0) is 13.0 Å². The third-order valence-electron chi connectivity index (χ3n) is 3.12. The first-order chi connectivity index (χ1) is 8.74. The summed E-state index contributed by atoms with van der Waals surface area (Å²) in [4.78, 5) is 11.5. The number of fused-ring (bicyclic) bond motifs is 1. The Labute approximate surface area is 104 Å². The Morgan fingerprint density at radius 2 is 2.22 bits per heavy atom. The first-order valence-electron chi connectivity index (χ1n) is 5.81. The van der Waals surface area contributed by atoms with Crippen LogP contribution < -0.4 is 4.74 Å². The molecular weight excluding hydrogens is 232 g/mol. The molecular formula is C13H12N2O3. The largest absolute Gasteiger partial charge is 0.487 e. The van der Waals surface area contributed by atoms with Gasteiger partial charge in [0.05, 0.1) is 0 Å². The van der Waals surface area contributed by atoms with Gasteiger partial charge in [0.1, 0.15) is 23.7 Å². The zero-order valence-electron chi connectivity index (χ0n) is 9.97. The number of carbonyl (C=O) groups is 1. The van der Waals surface area contributed by atoms with Gasteiger partial charge in [0.2, 0.25) is 0 Å². The maximum atomic E-state index is 11.5. The maximum Gasteiger partial charge on any atom is 0.163 e. The van der Waals surface area contributed by atoms with Crippen LogP contribution in [0, 0.1) is 6.92 Å². The quantitative estimate of drug-likeness (QED) is 0.827. The van der Waals surface area contributed by atoms with E-state index in [-0.39, 0.29) is 5.78 Å². The molecule has 1 heterocycles. The van der Waals surface area contributed by atoms with E-state index in [1.807, 2.05) is 25.1 Å². The van der Waals surface area contributed by atoms with Gasteiger partial charge in [-0.05, 0) is 37.1 Å². The van der Waals surface area contributed by atoms with Gasteiger partial charge in [-0.15, -0.1) is 0 Å². The normalized spacial score (nSPS) is 13.7. The number of carbonyl (C=O) groups excluding carboxylic acids is 1. The molecule has 0 N–H and O–H groups in total. The van der Waals surface area contributed by atoms with Crippen molar-refractivity contribution < 1.29 is 14.2 Å². The van der Waals surface area contributed by atoms with Gasteiger partial charge in [-0.2, -0.15) is 0 Å². The van der Waals surface area contributed by atoms with Gasteiger partial charge in [-0.1, -0.05) is 10.3 Å². The van der Waals surface area contributed by atoms with E-state index in [1.54, 1.807) is 0 Å². The Bertz CT molecular complexity index is 604. The number of rotatable bonds is 3. The van der Waals surface area contributed by atoms with E-state index in [9.17, 15) is 4.79 Å². The average Bonchev–Trinajstić information content (AvgIpc) is 2.94. The Balaban J connectivity index is 1.75. The summed E-state index contributed by atoms with van der Waals surface area (Å²) >= 11 is 0. The molecule has 0 radical (unpaired) electrons. The smallest absolute Gasteiger partial charge is 0.163 e. The second kappa shape index (κ2) is 4.25. The molecule has 1 aliphatic carbocycles. The van der Waals surface area contributed by atoms with Crippen molar-refractivity contribution in [2.45, 2.75) is 26.4 Å². The van der Waals surface area contributed by atoms with Crippen molar-refractivity contribution in [2.75, 3.05) is 0 Å². The van der Waals surface area contributed by atoms with Crippen LogP contribution >= 0.6 is 0 Å². The summed E-state index contributed by atoms with van der Waals surface area (Å²) in [5, 5.41) is 7.44. The Morgan fingerprint density at radius 1 is 1.33 bits per heavy atom. The van der Waals surface area contributed by atoms with E-state index in [0.29, 0.717) is 18.7 Å². The molecule has 0 unspecified atom stereocenters. The number of nitrogens with zero attached hydrogens (tertiary/aromatic N) is 2. The molecule has 18 heavy (non-hydrogen) atoms. The molecule has 0 atom stereocenters. The van der Waals surface area contributed by atoms with Gasteiger partial charge in [-0.25, -0.2) is 4.63 Å². The first-order valence-corrected chi connectivity index (χ1v) is 5.81. The van der Waals surface area contributed by atoms with E-state index >= 15 is 0 Å². The Morgan fingerprint density at radius 3 is 3.00 bits per heavy atom. The second-order valence-electron chi connectivity index (χ2n) is 4.33. The summed E-state index contributed by atoms with van der Waals surface area (Å²) in [6.45, 7) is 2.14. The van der Waals surface area contributed by atoms with Crippen molar-refractivity contribution in [1.82, 2.24) is 10.3 Å². The molecule has 2 aromatic rings. The fourth-order valence-electron chi connectivity index (χ4n) is 2.05. The van der Waals surface area contributed by atoms with Crippen LogP contribution in [0.1, 0.15) is 33.7 Å². The summed E-state index contributed by atoms with van der Waals surface area (Å²) < 4.78 is 10.2. The van der Waals surface area contributed by atoms with Gasteiger partial charge >= 0.3 is 0 Å². The average molecular weight is 244 g/mol. The molecule has 3 rings (SSSR count). The predicted octanol–water partition coefficient (Wildman–Crippen LogP) is 2.09. The molecule has 1 aliphatic rings. The summed E-state index contributed by atoms with van der Waals surface area (Å²) in [7, 11) is 0. The van der Waals surface area contributed by atoms with Gasteiger partial charge in [0, 0.05) is 12.0 Å². The minimum atomic E-state index is 0.216. The van der Waals surface area contributed by atoms with E-state index in [0.717, 1.165) is 29.0 Å². The minimum absolute atomic E-state index is 0.216. The van der Waals surface area contributed by atoms with Crippen LogP contribution in [0.5, 0.6) is 5.75 Å². The SMILES string of the molecule is Cc1nonc1COc1ccc2c(c1)CCC2=O. The fourth-order valence-corrected chi connectivity index (χ4v) is 2.05. The number of aryl methyl sites for hydroxylation is 2. The molecule has 0 saturated heterocycles. The predicted molar refractivity (Wildman–Crippen MR) is 62.5 cm³/mol. The third kappa shape index (κ3) is 1.88. The molecule has 0 saturated carbocycles. The summed E-state index contributed by atoms with van der Waals surface area (Å²) in [6, 6.07) is 5.56. The van der Waals surface area contributed by atoms with Gasteiger partial charge in [0.25, 0.3) is 0 Å². The lowest BCUT2D eigenvalue weighted by Gasteiger charge is -2.06. The minimum Gasteiger partial charge on any atom is -0.487 e. The number of ketones is 1. The molecule has 0 spiro atoms. The highest BCUT2D eigenvalue weighted by Crippen LogP contribution is 2.26. The molecule has 1 aromatic heterocycles. The lowest BCUT2D eigenvalue weighted by molar-refractivity contribution is 0.0994. The van der Waals surface area contributed by atoms with Crippen LogP contribution in [0.4, 0.5) is 0 Å². The fraction of sp³-hybridized carbons (Fsp3) is 0.308. The molecule has 0 amide bonds. The van der Waals surface area contributed by atoms with Gasteiger partial charge in [0.15, 0.2) is 5.78 Å². The van der Waals surface area contributed by atoms with Gasteiger partial charge < -0.3 is 4.74 Å². The van der Waals surface area contributed by atoms with Crippen LogP contribution in [0.3, 0.4) is 0 Å². The number of ether oxygens (including phenoxy) is 1. The number of benzene rings is 1. The van der Waals surface area contributed by atoms with Crippen molar-refractivity contribution >= 4 is 5.78 Å². The maximum absolute atomic E-state index is 11.5. The molecule has 5 nitrogen and oxygen atoms in total. The molecule has 1 aromatic carbocycles. The molecule has 92 valence electrons. The Hall–Kier alpha value is -2.17. The van der Waals surface area contributed by atoms with E-state index in [4.69, 9.17) is 4.74 Å². The molecule has 0 aliphatic heterocycles. The lowest BCUT2D eigenvalue weighted by Crippen LogP contribution is -1.98. The second-order valence-corrected chi connectivity index (χ2v) is 4.33. The van der Waals surface area contributed by atoms with Crippen LogP contribution in [-0.4, -0.2) is 16.1 Å². The van der Waals surface area contributed by atoms with Crippen LogP contribution in [0.2, 0.25) is 0 Å². The van der Waals surface area contributed by atoms with E-state index in [1.165, 1.54) is 0 Å². The summed E-state index contributed by atoms with van der Waals surface area (Å²) in [5.41, 5.74) is 3.30. The zero-order valence-corrected chi connectivity index (χ0v) is 9.97. The number of Topliss-reactive ketones (excluding diaryl/α,β-unsaturated/α-hetero) is 1. The highest BCUT2D eigenvalue weighted by molar-refractivity contribution is 6.00. The molecule has 5 heteroatoms. The number of hydrogen-bond donors (Lipinski definition) is 0. The highest BCUT2D eigenvalue weighted by Gasteiger charge is 2.19. The summed E-state index contributed by atoms with van der Waals surface area (Å²) in [6.07, 6.45) is 1.40. The standard InChI is InChI=1S/C13H12N2O3/c1-8-12(15-18-14-8)7-17-10-3-4-11-9(6-10)2-5-13(11)16/h3-4,6H,2,5,7H2,1H3. The number of hydrogen-bond acceptors (Lipinski definition) is 5. The van der Waals surface area contributed by atoms with Gasteiger partial charge in [-0.3, -0.25) is 4.79 Å². The Kier molecular flexibility index (Phi) is 2.59. The zero-order chi connectivity index (χ0) is 12.5. The van der Waals surface area contributed by atoms with Crippen molar-refractivity contribution in [3.63, 3.8) is 0 Å². The first kappa shape index (κ1) is 11.0.